The van der Waals surface area contributed by atoms with Gasteiger partial charge >= 0.3 is 0 Å². The number of rotatable bonds is 7. The second-order valence-corrected chi connectivity index (χ2v) is 14.0. The summed E-state index contributed by atoms with van der Waals surface area (Å²) in [5.41, 5.74) is 3.90. The Balaban J connectivity index is 0.999. The quantitative estimate of drug-likeness (QED) is 0.399. The van der Waals surface area contributed by atoms with Crippen LogP contribution in [-0.4, -0.2) is 41.3 Å². The summed E-state index contributed by atoms with van der Waals surface area (Å²) in [6.07, 6.45) is 8.93. The van der Waals surface area contributed by atoms with Gasteiger partial charge in [0, 0.05) is 48.4 Å². The molecule has 4 aliphatic carbocycles. The lowest BCUT2D eigenvalue weighted by molar-refractivity contribution is -0.134. The first-order valence-corrected chi connectivity index (χ1v) is 15.9. The van der Waals surface area contributed by atoms with Crippen molar-refractivity contribution in [1.82, 2.24) is 15.6 Å². The van der Waals surface area contributed by atoms with Gasteiger partial charge in [-0.15, -0.1) is 11.3 Å². The van der Waals surface area contributed by atoms with E-state index in [0.717, 1.165) is 57.1 Å². The fourth-order valence-electron chi connectivity index (χ4n) is 8.92. The molecular weight excluding hydrogens is 534 g/mol. The van der Waals surface area contributed by atoms with Gasteiger partial charge in [-0.3, -0.25) is 24.6 Å². The van der Waals surface area contributed by atoms with Crippen LogP contribution < -0.4 is 20.4 Å². The van der Waals surface area contributed by atoms with E-state index >= 15 is 0 Å². The fourth-order valence-corrected chi connectivity index (χ4v) is 9.72. The highest BCUT2D eigenvalue weighted by atomic mass is 32.1. The molecule has 212 valence electrons. The van der Waals surface area contributed by atoms with Crippen LogP contribution in [0, 0.1) is 17.8 Å². The van der Waals surface area contributed by atoms with Crippen LogP contribution in [-0.2, 0) is 22.7 Å². The average molecular weight is 570 g/mol. The van der Waals surface area contributed by atoms with E-state index in [1.54, 1.807) is 16.2 Å². The first-order valence-electron chi connectivity index (χ1n) is 15.0. The number of aromatic nitrogens is 1. The van der Waals surface area contributed by atoms with E-state index in [-0.39, 0.29) is 18.2 Å². The number of imide groups is 1. The number of hydrogen-bond donors (Lipinski definition) is 2. The van der Waals surface area contributed by atoms with Gasteiger partial charge in [0.05, 0.1) is 11.4 Å². The van der Waals surface area contributed by atoms with Crippen LogP contribution in [0.2, 0.25) is 0 Å². The first-order chi connectivity index (χ1) is 19.9. The van der Waals surface area contributed by atoms with Gasteiger partial charge < -0.3 is 10.2 Å². The number of thiazole rings is 1. The molecule has 0 radical (unpaired) electrons. The predicted molar refractivity (Wildman–Crippen MR) is 159 cm³/mol. The number of carbonyl (C=O) groups excluding carboxylic acids is 3. The van der Waals surface area contributed by atoms with E-state index in [9.17, 15) is 14.4 Å². The molecule has 1 aromatic heterocycles. The van der Waals surface area contributed by atoms with Crippen LogP contribution in [0.25, 0.3) is 10.8 Å². The van der Waals surface area contributed by atoms with Crippen LogP contribution in [0.1, 0.15) is 73.0 Å². The summed E-state index contributed by atoms with van der Waals surface area (Å²) in [6, 6.07) is 9.12. The lowest BCUT2D eigenvalue weighted by atomic mass is 9.53. The molecule has 1 atom stereocenters. The zero-order chi connectivity index (χ0) is 27.9. The summed E-state index contributed by atoms with van der Waals surface area (Å²) in [5.74, 6) is 1.91. The zero-order valence-electron chi connectivity index (χ0n) is 23.3. The summed E-state index contributed by atoms with van der Waals surface area (Å²) in [7, 11) is 2.07. The summed E-state index contributed by atoms with van der Waals surface area (Å²) in [5, 5.41) is 11.4. The molecule has 2 N–H and O–H groups in total. The number of nitrogens with one attached hydrogen (secondary N) is 2. The Hall–Kier alpha value is -3.30. The highest BCUT2D eigenvalue weighted by Gasteiger charge is 2.50. The maximum Gasteiger partial charge on any atom is 0.259 e. The fraction of sp³-hybridized carbons (Fsp3) is 0.500. The van der Waals surface area contributed by atoms with E-state index in [1.165, 1.54) is 38.5 Å². The summed E-state index contributed by atoms with van der Waals surface area (Å²) < 4.78 is 0. The van der Waals surface area contributed by atoms with Gasteiger partial charge in [0.15, 0.2) is 5.13 Å². The van der Waals surface area contributed by atoms with E-state index in [1.807, 2.05) is 18.2 Å². The Bertz CT molecular complexity index is 1560. The van der Waals surface area contributed by atoms with Crippen LogP contribution in [0.15, 0.2) is 35.7 Å². The molecule has 9 rings (SSSR count). The topological polar surface area (TPSA) is 94.6 Å². The lowest BCUT2D eigenvalue weighted by Gasteiger charge is -2.57. The third-order valence-corrected chi connectivity index (χ3v) is 11.3. The Morgan fingerprint density at radius 2 is 1.83 bits per heavy atom. The van der Waals surface area contributed by atoms with Gasteiger partial charge in [-0.05, 0) is 85.8 Å². The molecule has 41 heavy (non-hydrogen) atoms. The molecule has 4 bridgehead atoms. The minimum absolute atomic E-state index is 0.179. The summed E-state index contributed by atoms with van der Waals surface area (Å²) in [4.78, 5) is 46.6. The molecule has 4 saturated carbocycles. The van der Waals surface area contributed by atoms with Gasteiger partial charge in [0.1, 0.15) is 6.04 Å². The van der Waals surface area contributed by atoms with Crippen molar-refractivity contribution in [3.05, 3.63) is 52.5 Å². The molecule has 1 unspecified atom stereocenters. The number of hydrogen-bond acceptors (Lipinski definition) is 7. The molecule has 2 aliphatic heterocycles. The first kappa shape index (κ1) is 25.4. The Morgan fingerprint density at radius 1 is 1.07 bits per heavy atom. The van der Waals surface area contributed by atoms with Crippen molar-refractivity contribution < 1.29 is 14.4 Å². The van der Waals surface area contributed by atoms with Crippen LogP contribution in [0.5, 0.6) is 0 Å². The maximum absolute atomic E-state index is 13.5. The highest BCUT2D eigenvalue weighted by molar-refractivity contribution is 7.13. The van der Waals surface area contributed by atoms with Crippen molar-refractivity contribution in [3.8, 4) is 0 Å². The number of nitrogens with zero attached hydrogens (tertiary/aromatic N) is 3. The van der Waals surface area contributed by atoms with Crippen molar-refractivity contribution in [3.63, 3.8) is 0 Å². The van der Waals surface area contributed by atoms with Crippen molar-refractivity contribution in [1.29, 1.82) is 0 Å². The molecule has 6 aliphatic rings. The molecule has 2 aromatic carbocycles. The molecule has 3 heterocycles. The zero-order valence-corrected chi connectivity index (χ0v) is 24.1. The summed E-state index contributed by atoms with van der Waals surface area (Å²) in [6.45, 7) is 1.48. The molecular formula is C32H35N5O3S. The van der Waals surface area contributed by atoms with Gasteiger partial charge in [0.2, 0.25) is 11.8 Å². The van der Waals surface area contributed by atoms with Gasteiger partial charge in [-0.2, -0.15) is 0 Å². The minimum atomic E-state index is -0.676. The number of amides is 3. The smallest absolute Gasteiger partial charge is 0.259 e. The van der Waals surface area contributed by atoms with Crippen molar-refractivity contribution >= 4 is 50.6 Å². The van der Waals surface area contributed by atoms with Gasteiger partial charge in [0.25, 0.3) is 5.91 Å². The Labute approximate surface area is 243 Å². The minimum Gasteiger partial charge on any atom is -0.347 e. The number of benzene rings is 2. The van der Waals surface area contributed by atoms with Crippen LogP contribution in [0.3, 0.4) is 0 Å². The SMILES string of the molecule is CN(Cc1ccc2c3c(cccc13)C(=O)N2C1CCC(=O)NC1=O)c1nc(CNC23CC4CC(CC(C4)C2)C3)cs1. The average Bonchev–Trinajstić information content (AvgIpc) is 3.53. The molecule has 1 saturated heterocycles. The molecule has 3 aromatic rings. The third-order valence-electron chi connectivity index (χ3n) is 10.3. The number of piperidine rings is 1. The van der Waals surface area contributed by atoms with E-state index < -0.39 is 11.9 Å². The molecule has 0 spiro atoms. The van der Waals surface area contributed by atoms with E-state index in [0.29, 0.717) is 24.1 Å². The molecule has 5 fully saturated rings. The Morgan fingerprint density at radius 3 is 2.56 bits per heavy atom. The normalized spacial score (nSPS) is 30.0. The van der Waals surface area contributed by atoms with Gasteiger partial charge in [-0.1, -0.05) is 18.2 Å². The molecule has 8 nitrogen and oxygen atoms in total. The summed E-state index contributed by atoms with van der Waals surface area (Å²) >= 11 is 1.68. The van der Waals surface area contributed by atoms with Crippen LogP contribution in [0.4, 0.5) is 10.8 Å². The Kier molecular flexibility index (Phi) is 5.80. The highest BCUT2D eigenvalue weighted by Crippen LogP contribution is 2.55. The van der Waals surface area contributed by atoms with Crippen LogP contribution >= 0.6 is 11.3 Å². The predicted octanol–water partition coefficient (Wildman–Crippen LogP) is 4.76. The largest absolute Gasteiger partial charge is 0.347 e. The third kappa shape index (κ3) is 4.19. The van der Waals surface area contributed by atoms with Crippen molar-refractivity contribution in [2.45, 2.75) is 76.0 Å². The van der Waals surface area contributed by atoms with E-state index in [4.69, 9.17) is 4.98 Å². The van der Waals surface area contributed by atoms with Crippen molar-refractivity contribution in [2.24, 2.45) is 17.8 Å². The molecule has 3 amide bonds. The standard InChI is InChI=1S/C32H35N5O3S/c1-36(31-34-22(17-41-31)15-33-32-12-18-9-19(13-32)11-20(10-18)14-32)16-21-5-6-25-28-23(21)3-2-4-24(28)30(40)37(25)26-7-8-27(38)35-29(26)39/h2-6,17-20,26,33H,7-16H2,1H3,(H,35,38,39). The van der Waals surface area contributed by atoms with Crippen molar-refractivity contribution in [2.75, 3.05) is 16.8 Å². The molecule has 9 heteroatoms. The second-order valence-electron chi connectivity index (χ2n) is 13.1. The van der Waals surface area contributed by atoms with Gasteiger partial charge in [-0.25, -0.2) is 4.98 Å². The number of carbonyl (C=O) groups is 3. The lowest BCUT2D eigenvalue weighted by Crippen LogP contribution is -2.58. The second kappa shape index (κ2) is 9.36. The monoisotopic (exact) mass is 569 g/mol. The van der Waals surface area contributed by atoms with E-state index in [2.05, 4.69) is 40.1 Å². The number of anilines is 2. The maximum atomic E-state index is 13.5.